The molecule has 0 saturated heterocycles. The van der Waals surface area contributed by atoms with E-state index in [4.69, 9.17) is 15.2 Å². The largest absolute Gasteiger partial charge is 0.465 e. The molecule has 1 unspecified atom stereocenters. The SMILES string of the molecule is CCOC(=O)C(N)CN(CCOC)C(C)C. The van der Waals surface area contributed by atoms with E-state index in [1.165, 1.54) is 0 Å². The molecular weight excluding hydrogens is 208 g/mol. The Balaban J connectivity index is 4.11. The Morgan fingerprint density at radius 3 is 2.50 bits per heavy atom. The van der Waals surface area contributed by atoms with Gasteiger partial charge in [-0.2, -0.15) is 0 Å². The van der Waals surface area contributed by atoms with E-state index in [-0.39, 0.29) is 5.97 Å². The van der Waals surface area contributed by atoms with Crippen molar-refractivity contribution in [3.05, 3.63) is 0 Å². The van der Waals surface area contributed by atoms with Gasteiger partial charge in [-0.1, -0.05) is 0 Å². The molecule has 0 saturated carbocycles. The maximum Gasteiger partial charge on any atom is 0.324 e. The summed E-state index contributed by atoms with van der Waals surface area (Å²) in [7, 11) is 1.66. The van der Waals surface area contributed by atoms with E-state index in [1.807, 2.05) is 0 Å². The molecule has 1 atom stereocenters. The van der Waals surface area contributed by atoms with E-state index in [1.54, 1.807) is 14.0 Å². The van der Waals surface area contributed by atoms with E-state index in [0.717, 1.165) is 6.54 Å². The molecule has 0 aromatic carbocycles. The van der Waals surface area contributed by atoms with Crippen LogP contribution in [0.15, 0.2) is 0 Å². The van der Waals surface area contributed by atoms with Crippen molar-refractivity contribution in [3.63, 3.8) is 0 Å². The van der Waals surface area contributed by atoms with Crippen LogP contribution in [-0.2, 0) is 14.3 Å². The average molecular weight is 232 g/mol. The van der Waals surface area contributed by atoms with E-state index in [9.17, 15) is 4.79 Å². The zero-order valence-electron chi connectivity index (χ0n) is 10.7. The summed E-state index contributed by atoms with van der Waals surface area (Å²) >= 11 is 0. The Kier molecular flexibility index (Phi) is 8.15. The molecule has 5 nitrogen and oxygen atoms in total. The molecule has 5 heteroatoms. The van der Waals surface area contributed by atoms with Crippen LogP contribution in [0.25, 0.3) is 0 Å². The van der Waals surface area contributed by atoms with Crippen LogP contribution in [0.3, 0.4) is 0 Å². The van der Waals surface area contributed by atoms with E-state index in [0.29, 0.717) is 25.8 Å². The lowest BCUT2D eigenvalue weighted by molar-refractivity contribution is -0.145. The van der Waals surface area contributed by atoms with Crippen molar-refractivity contribution in [1.29, 1.82) is 0 Å². The summed E-state index contributed by atoms with van der Waals surface area (Å²) in [6, 6.07) is -0.255. The molecule has 0 aromatic heterocycles. The third-order valence-corrected chi connectivity index (χ3v) is 2.33. The monoisotopic (exact) mass is 232 g/mol. The number of esters is 1. The van der Waals surface area contributed by atoms with Crippen molar-refractivity contribution in [2.75, 3.05) is 33.4 Å². The number of nitrogens with zero attached hydrogens (tertiary/aromatic N) is 1. The Morgan fingerprint density at radius 2 is 2.06 bits per heavy atom. The molecule has 16 heavy (non-hydrogen) atoms. The number of nitrogens with two attached hydrogens (primary N) is 1. The van der Waals surface area contributed by atoms with Gasteiger partial charge in [0.25, 0.3) is 0 Å². The summed E-state index contributed by atoms with van der Waals surface area (Å²) in [5, 5.41) is 0. The van der Waals surface area contributed by atoms with Gasteiger partial charge in [-0.3, -0.25) is 9.69 Å². The molecule has 0 bridgehead atoms. The molecule has 0 rings (SSSR count). The lowest BCUT2D eigenvalue weighted by atomic mass is 10.2. The maximum atomic E-state index is 11.4. The number of rotatable bonds is 8. The van der Waals surface area contributed by atoms with Crippen LogP contribution in [0, 0.1) is 0 Å². The number of carbonyl (C=O) groups excluding carboxylic acids is 1. The predicted molar refractivity (Wildman–Crippen MR) is 63.2 cm³/mol. The third-order valence-electron chi connectivity index (χ3n) is 2.33. The number of carbonyl (C=O) groups is 1. The first kappa shape index (κ1) is 15.3. The van der Waals surface area contributed by atoms with Gasteiger partial charge < -0.3 is 15.2 Å². The molecule has 0 aliphatic carbocycles. The van der Waals surface area contributed by atoms with Gasteiger partial charge in [0, 0.05) is 26.2 Å². The number of ether oxygens (including phenoxy) is 2. The van der Waals surface area contributed by atoms with Crippen LogP contribution >= 0.6 is 0 Å². The van der Waals surface area contributed by atoms with Gasteiger partial charge in [0.2, 0.25) is 0 Å². The first-order chi connectivity index (χ1) is 7.52. The summed E-state index contributed by atoms with van der Waals surface area (Å²) in [4.78, 5) is 13.5. The number of hydrogen-bond donors (Lipinski definition) is 1. The smallest absolute Gasteiger partial charge is 0.324 e. The Morgan fingerprint density at radius 1 is 1.44 bits per heavy atom. The quantitative estimate of drug-likeness (QED) is 0.607. The topological polar surface area (TPSA) is 64.8 Å². The number of methoxy groups -OCH3 is 1. The second kappa shape index (κ2) is 8.50. The van der Waals surface area contributed by atoms with Crippen LogP contribution in [0.4, 0.5) is 0 Å². The van der Waals surface area contributed by atoms with Crippen LogP contribution in [-0.4, -0.2) is 56.4 Å². The minimum absolute atomic E-state index is 0.329. The molecule has 0 aliphatic heterocycles. The van der Waals surface area contributed by atoms with Crippen molar-refractivity contribution >= 4 is 5.97 Å². The fourth-order valence-corrected chi connectivity index (χ4v) is 1.35. The molecule has 0 aromatic rings. The zero-order chi connectivity index (χ0) is 12.6. The lowest BCUT2D eigenvalue weighted by Gasteiger charge is -2.28. The van der Waals surface area contributed by atoms with Gasteiger partial charge >= 0.3 is 5.97 Å². The zero-order valence-corrected chi connectivity index (χ0v) is 10.7. The first-order valence-corrected chi connectivity index (χ1v) is 5.68. The van der Waals surface area contributed by atoms with E-state index >= 15 is 0 Å². The van der Waals surface area contributed by atoms with Crippen molar-refractivity contribution in [2.24, 2.45) is 5.73 Å². The maximum absolute atomic E-state index is 11.4. The molecular formula is C11H24N2O3. The Bertz CT molecular complexity index is 198. The Labute approximate surface area is 97.9 Å². The van der Waals surface area contributed by atoms with Crippen molar-refractivity contribution in [2.45, 2.75) is 32.9 Å². The van der Waals surface area contributed by atoms with Gasteiger partial charge in [-0.25, -0.2) is 0 Å². The van der Waals surface area contributed by atoms with Crippen LogP contribution in [0.5, 0.6) is 0 Å². The predicted octanol–water partition coefficient (Wildman–Crippen LogP) is 0.234. The van der Waals surface area contributed by atoms with Crippen molar-refractivity contribution in [3.8, 4) is 0 Å². The molecule has 0 amide bonds. The molecule has 0 spiro atoms. The summed E-state index contributed by atoms with van der Waals surface area (Å²) in [5.74, 6) is -0.342. The molecule has 2 N–H and O–H groups in total. The summed E-state index contributed by atoms with van der Waals surface area (Å²) in [6.07, 6.45) is 0. The van der Waals surface area contributed by atoms with Gasteiger partial charge in [-0.15, -0.1) is 0 Å². The number of hydrogen-bond acceptors (Lipinski definition) is 5. The molecule has 96 valence electrons. The van der Waals surface area contributed by atoms with Crippen molar-refractivity contribution < 1.29 is 14.3 Å². The highest BCUT2D eigenvalue weighted by Gasteiger charge is 2.20. The molecule has 0 aliphatic rings. The second-order valence-corrected chi connectivity index (χ2v) is 3.94. The molecule has 0 heterocycles. The van der Waals surface area contributed by atoms with Crippen LogP contribution in [0.2, 0.25) is 0 Å². The fourth-order valence-electron chi connectivity index (χ4n) is 1.35. The highest BCUT2D eigenvalue weighted by atomic mass is 16.5. The van der Waals surface area contributed by atoms with Gasteiger partial charge in [-0.05, 0) is 20.8 Å². The standard InChI is InChI=1S/C11H24N2O3/c1-5-16-11(14)10(12)8-13(9(2)3)6-7-15-4/h9-10H,5-8,12H2,1-4H3. The van der Waals surface area contributed by atoms with Crippen LogP contribution in [0.1, 0.15) is 20.8 Å². The van der Waals surface area contributed by atoms with Gasteiger partial charge in [0.1, 0.15) is 6.04 Å². The highest BCUT2D eigenvalue weighted by Crippen LogP contribution is 2.00. The lowest BCUT2D eigenvalue weighted by Crippen LogP contribution is -2.47. The minimum Gasteiger partial charge on any atom is -0.465 e. The normalized spacial score (nSPS) is 13.2. The second-order valence-electron chi connectivity index (χ2n) is 3.94. The van der Waals surface area contributed by atoms with E-state index < -0.39 is 6.04 Å². The summed E-state index contributed by atoms with van der Waals surface area (Å²) in [6.45, 7) is 8.16. The van der Waals surface area contributed by atoms with Crippen LogP contribution < -0.4 is 5.73 Å². The Hall–Kier alpha value is -0.650. The minimum atomic E-state index is -0.584. The summed E-state index contributed by atoms with van der Waals surface area (Å²) in [5.41, 5.74) is 5.76. The first-order valence-electron chi connectivity index (χ1n) is 5.68. The summed E-state index contributed by atoms with van der Waals surface area (Å²) < 4.78 is 9.88. The molecule has 0 radical (unpaired) electrons. The average Bonchev–Trinajstić information content (AvgIpc) is 2.23. The van der Waals surface area contributed by atoms with Gasteiger partial charge in [0.15, 0.2) is 0 Å². The highest BCUT2D eigenvalue weighted by molar-refractivity contribution is 5.75. The fraction of sp³-hybridized carbons (Fsp3) is 0.909. The van der Waals surface area contributed by atoms with Crippen molar-refractivity contribution in [1.82, 2.24) is 4.90 Å². The third kappa shape index (κ3) is 6.05. The van der Waals surface area contributed by atoms with Gasteiger partial charge in [0.05, 0.1) is 13.2 Å². The van der Waals surface area contributed by atoms with E-state index in [2.05, 4.69) is 18.7 Å². The molecule has 0 fully saturated rings.